The molecule has 1 N–H and O–H groups in total. The highest BCUT2D eigenvalue weighted by molar-refractivity contribution is 7.45. The van der Waals surface area contributed by atoms with Crippen molar-refractivity contribution in [2.24, 2.45) is 0 Å². The van der Waals surface area contributed by atoms with Crippen LogP contribution in [0.25, 0.3) is 0 Å². The van der Waals surface area contributed by atoms with Gasteiger partial charge in [0, 0.05) is 6.66 Å². The lowest BCUT2D eigenvalue weighted by Crippen LogP contribution is -1.94. The molecule has 78 valence electrons. The van der Waals surface area contributed by atoms with Gasteiger partial charge in [0.05, 0.1) is 0 Å². The summed E-state index contributed by atoms with van der Waals surface area (Å²) in [6.45, 7) is 5.91. The Hall–Kier alpha value is -0.590. The van der Waals surface area contributed by atoms with E-state index in [1.807, 2.05) is 12.1 Å². The van der Waals surface area contributed by atoms with E-state index in [9.17, 15) is 4.89 Å². The summed E-state index contributed by atoms with van der Waals surface area (Å²) in [5.74, 6) is 0.836. The normalized spacial score (nSPS) is 12.6. The predicted molar refractivity (Wildman–Crippen MR) is 60.9 cm³/mol. The lowest BCUT2D eigenvalue weighted by molar-refractivity contribution is 0.489. The standard InChI is InChI=1S/C11H17O2P/c1-4-6-10-9(2)7-5-8-11(10)13-14(3)12/h5,7-8,12H,4,6H2,1-3H3. The lowest BCUT2D eigenvalue weighted by atomic mass is 10.0. The Morgan fingerprint density at radius 2 is 2.14 bits per heavy atom. The van der Waals surface area contributed by atoms with Crippen molar-refractivity contribution in [3.8, 4) is 5.75 Å². The first-order valence-corrected chi connectivity index (χ1v) is 6.50. The Kier molecular flexibility index (Phi) is 4.37. The molecule has 2 nitrogen and oxygen atoms in total. The summed E-state index contributed by atoms with van der Waals surface area (Å²) in [6, 6.07) is 5.96. The van der Waals surface area contributed by atoms with Crippen LogP contribution in [0.1, 0.15) is 24.5 Å². The molecule has 0 aromatic heterocycles. The minimum atomic E-state index is -1.32. The van der Waals surface area contributed by atoms with E-state index in [1.54, 1.807) is 6.66 Å². The van der Waals surface area contributed by atoms with Crippen molar-refractivity contribution in [3.05, 3.63) is 29.3 Å². The van der Waals surface area contributed by atoms with Gasteiger partial charge in [-0.05, 0) is 30.5 Å². The van der Waals surface area contributed by atoms with Gasteiger partial charge in [-0.1, -0.05) is 25.5 Å². The van der Waals surface area contributed by atoms with Gasteiger partial charge in [-0.2, -0.15) is 0 Å². The summed E-state index contributed by atoms with van der Waals surface area (Å²) < 4.78 is 5.40. The first-order valence-electron chi connectivity index (χ1n) is 4.84. The minimum absolute atomic E-state index is 0.836. The van der Waals surface area contributed by atoms with Crippen molar-refractivity contribution in [2.75, 3.05) is 6.66 Å². The van der Waals surface area contributed by atoms with Crippen molar-refractivity contribution in [1.82, 2.24) is 0 Å². The van der Waals surface area contributed by atoms with E-state index >= 15 is 0 Å². The van der Waals surface area contributed by atoms with Crippen LogP contribution in [0.4, 0.5) is 0 Å². The van der Waals surface area contributed by atoms with Crippen molar-refractivity contribution in [3.63, 3.8) is 0 Å². The Morgan fingerprint density at radius 1 is 1.43 bits per heavy atom. The topological polar surface area (TPSA) is 29.5 Å². The van der Waals surface area contributed by atoms with Gasteiger partial charge >= 0.3 is 0 Å². The number of hydrogen-bond acceptors (Lipinski definition) is 2. The van der Waals surface area contributed by atoms with Gasteiger partial charge in [0.25, 0.3) is 0 Å². The molecule has 0 fully saturated rings. The zero-order chi connectivity index (χ0) is 10.6. The van der Waals surface area contributed by atoms with E-state index < -0.39 is 8.38 Å². The summed E-state index contributed by atoms with van der Waals surface area (Å²) >= 11 is 0. The maximum Gasteiger partial charge on any atom is 0.224 e. The monoisotopic (exact) mass is 212 g/mol. The minimum Gasteiger partial charge on any atom is -0.447 e. The summed E-state index contributed by atoms with van der Waals surface area (Å²) in [6.07, 6.45) is 2.10. The fourth-order valence-electron chi connectivity index (χ4n) is 1.47. The molecule has 1 atom stereocenters. The highest BCUT2D eigenvalue weighted by Gasteiger charge is 2.07. The number of hydrogen-bond donors (Lipinski definition) is 1. The van der Waals surface area contributed by atoms with Crippen LogP contribution in [0, 0.1) is 6.92 Å². The second-order valence-corrected chi connectivity index (χ2v) is 4.47. The van der Waals surface area contributed by atoms with Crippen LogP contribution < -0.4 is 4.52 Å². The van der Waals surface area contributed by atoms with Gasteiger partial charge in [-0.25, -0.2) is 0 Å². The van der Waals surface area contributed by atoms with E-state index in [0.717, 1.165) is 18.6 Å². The lowest BCUT2D eigenvalue weighted by Gasteiger charge is -2.13. The quantitative estimate of drug-likeness (QED) is 0.776. The summed E-state index contributed by atoms with van der Waals surface area (Å²) in [5.41, 5.74) is 2.46. The maximum atomic E-state index is 9.23. The van der Waals surface area contributed by atoms with Gasteiger partial charge < -0.3 is 9.42 Å². The second kappa shape index (κ2) is 5.33. The van der Waals surface area contributed by atoms with Crippen molar-refractivity contribution < 1.29 is 9.42 Å². The van der Waals surface area contributed by atoms with Crippen LogP contribution >= 0.6 is 8.38 Å². The molecule has 3 heteroatoms. The number of aryl methyl sites for hydroxylation is 1. The third kappa shape index (κ3) is 2.97. The third-order valence-corrected chi connectivity index (χ3v) is 2.56. The smallest absolute Gasteiger partial charge is 0.224 e. The van der Waals surface area contributed by atoms with E-state index in [4.69, 9.17) is 4.52 Å². The zero-order valence-electron chi connectivity index (χ0n) is 8.95. The van der Waals surface area contributed by atoms with Crippen LogP contribution in [0.3, 0.4) is 0 Å². The molecule has 0 bridgehead atoms. The molecule has 0 aliphatic carbocycles. The van der Waals surface area contributed by atoms with Crippen LogP contribution in [-0.2, 0) is 6.42 Å². The molecular weight excluding hydrogens is 195 g/mol. The van der Waals surface area contributed by atoms with Gasteiger partial charge in [-0.15, -0.1) is 0 Å². The molecule has 0 spiro atoms. The van der Waals surface area contributed by atoms with Gasteiger partial charge in [0.2, 0.25) is 8.38 Å². The molecule has 1 rings (SSSR count). The largest absolute Gasteiger partial charge is 0.447 e. The summed E-state index contributed by atoms with van der Waals surface area (Å²) in [7, 11) is -1.32. The SMILES string of the molecule is CCCc1c(C)cccc1OP(C)O. The summed E-state index contributed by atoms with van der Waals surface area (Å²) in [4.78, 5) is 9.23. The van der Waals surface area contributed by atoms with E-state index in [2.05, 4.69) is 19.9 Å². The average molecular weight is 212 g/mol. The predicted octanol–water partition coefficient (Wildman–Crippen LogP) is 3.26. The van der Waals surface area contributed by atoms with Gasteiger partial charge in [-0.3, -0.25) is 0 Å². The highest BCUT2D eigenvalue weighted by atomic mass is 31.2. The first kappa shape index (κ1) is 11.5. The van der Waals surface area contributed by atoms with Gasteiger partial charge in [0.15, 0.2) is 0 Å². The Labute approximate surface area is 86.8 Å². The van der Waals surface area contributed by atoms with Crippen molar-refractivity contribution >= 4 is 8.38 Å². The number of rotatable bonds is 4. The van der Waals surface area contributed by atoms with Crippen LogP contribution in [-0.4, -0.2) is 11.6 Å². The highest BCUT2D eigenvalue weighted by Crippen LogP contribution is 2.33. The van der Waals surface area contributed by atoms with E-state index in [-0.39, 0.29) is 0 Å². The molecule has 1 aromatic carbocycles. The average Bonchev–Trinajstić information content (AvgIpc) is 2.10. The van der Waals surface area contributed by atoms with Gasteiger partial charge in [0.1, 0.15) is 5.75 Å². The van der Waals surface area contributed by atoms with Crippen LogP contribution in [0.5, 0.6) is 5.75 Å². The molecule has 0 saturated heterocycles. The molecule has 0 radical (unpaired) electrons. The molecule has 0 heterocycles. The molecule has 0 aliphatic heterocycles. The molecular formula is C11H17O2P. The first-order chi connectivity index (χ1) is 6.65. The third-order valence-electron chi connectivity index (χ3n) is 2.10. The second-order valence-electron chi connectivity index (χ2n) is 3.36. The molecule has 0 aliphatic rings. The Bertz CT molecular complexity index is 297. The fourth-order valence-corrected chi connectivity index (χ4v) is 1.93. The van der Waals surface area contributed by atoms with Crippen molar-refractivity contribution in [2.45, 2.75) is 26.7 Å². The van der Waals surface area contributed by atoms with E-state index in [1.165, 1.54) is 11.1 Å². The van der Waals surface area contributed by atoms with Crippen LogP contribution in [0.15, 0.2) is 18.2 Å². The molecule has 0 saturated carbocycles. The van der Waals surface area contributed by atoms with Crippen molar-refractivity contribution in [1.29, 1.82) is 0 Å². The van der Waals surface area contributed by atoms with E-state index in [0.29, 0.717) is 0 Å². The van der Waals surface area contributed by atoms with Crippen LogP contribution in [0.2, 0.25) is 0 Å². The molecule has 1 aromatic rings. The summed E-state index contributed by atoms with van der Waals surface area (Å²) in [5, 5.41) is 0. The fraction of sp³-hybridized carbons (Fsp3) is 0.455. The Balaban J connectivity index is 2.95. The maximum absolute atomic E-state index is 9.23. The number of benzene rings is 1. The zero-order valence-corrected chi connectivity index (χ0v) is 9.84. The molecule has 0 amide bonds. The molecule has 1 unspecified atom stereocenters. The Morgan fingerprint density at radius 3 is 2.71 bits per heavy atom. The molecule has 14 heavy (non-hydrogen) atoms.